The predicted octanol–water partition coefficient (Wildman–Crippen LogP) is -5.72. The van der Waals surface area contributed by atoms with E-state index >= 15 is 0 Å². The summed E-state index contributed by atoms with van der Waals surface area (Å²) in [5, 5.41) is 12.7. The van der Waals surface area contributed by atoms with Gasteiger partial charge in [0.1, 0.15) is 0 Å². The van der Waals surface area contributed by atoms with Gasteiger partial charge in [-0.1, -0.05) is 12.2 Å². The van der Waals surface area contributed by atoms with E-state index in [4.69, 9.17) is 5.73 Å². The van der Waals surface area contributed by atoms with E-state index in [1.165, 1.54) is 0 Å². The molecule has 0 saturated carbocycles. The van der Waals surface area contributed by atoms with Gasteiger partial charge in [-0.15, -0.1) is 0 Å². The van der Waals surface area contributed by atoms with Crippen LogP contribution in [0.15, 0.2) is 0 Å². The summed E-state index contributed by atoms with van der Waals surface area (Å²) in [5.74, 6) is 0. The average molecular weight is 216 g/mol. The molecule has 0 aromatic heterocycles. The Morgan fingerprint density at radius 1 is 1.33 bits per heavy atom. The first-order valence-electron chi connectivity index (χ1n) is 3.38. The fourth-order valence-corrected chi connectivity index (χ4v) is 0.585. The topological polar surface area (TPSA) is 85.2 Å². The monoisotopic (exact) mass is 216 g/mol. The molecule has 0 aliphatic heterocycles. The van der Waals surface area contributed by atoms with Gasteiger partial charge in [-0.25, -0.2) is 5.43 Å². The van der Waals surface area contributed by atoms with Crippen LogP contribution in [0.3, 0.4) is 0 Å². The van der Waals surface area contributed by atoms with Crippen molar-refractivity contribution in [2.75, 3.05) is 26.2 Å². The largest absolute Gasteiger partial charge is 1.00 e. The van der Waals surface area contributed by atoms with Crippen LogP contribution >= 0.6 is 12.2 Å². The first-order valence-corrected chi connectivity index (χ1v) is 3.79. The molecule has 0 amide bonds. The Kier molecular flexibility index (Phi) is 15.9. The van der Waals surface area contributed by atoms with Gasteiger partial charge in [-0.2, -0.15) is 0 Å². The molecule has 0 bridgehead atoms. The molecule has 0 saturated heterocycles. The number of hydrogen-bond acceptors (Lipinski definition) is 5. The van der Waals surface area contributed by atoms with Gasteiger partial charge in [0.15, 0.2) is 0 Å². The van der Waals surface area contributed by atoms with Crippen molar-refractivity contribution in [3.05, 3.63) is 0 Å². The Labute approximate surface area is 120 Å². The van der Waals surface area contributed by atoms with Crippen molar-refractivity contribution < 1.29 is 56.5 Å². The zero-order chi connectivity index (χ0) is 8.53. The van der Waals surface area contributed by atoms with Gasteiger partial charge >= 0.3 is 51.4 Å². The molecule has 0 radical (unpaired) electrons. The Morgan fingerprint density at radius 2 is 2.00 bits per heavy atom. The summed E-state index contributed by atoms with van der Waals surface area (Å²) < 4.78 is 0. The zero-order valence-electron chi connectivity index (χ0n) is 7.22. The van der Waals surface area contributed by atoms with Crippen molar-refractivity contribution in [3.8, 4) is 0 Å². The van der Waals surface area contributed by atoms with Crippen LogP contribution < -0.4 is 78.4 Å². The van der Waals surface area contributed by atoms with Crippen molar-refractivity contribution in [1.29, 1.82) is 0 Å². The normalized spacial score (nSPS) is 8.75. The van der Waals surface area contributed by atoms with E-state index in [-0.39, 0.29) is 51.4 Å². The van der Waals surface area contributed by atoms with E-state index in [0.717, 1.165) is 13.1 Å². The van der Waals surface area contributed by atoms with Crippen LogP contribution in [-0.4, -0.2) is 31.4 Å². The van der Waals surface area contributed by atoms with Gasteiger partial charge in [0, 0.05) is 31.4 Å². The van der Waals surface area contributed by atoms with E-state index < -0.39 is 5.17 Å². The molecule has 0 atom stereocenters. The van der Waals surface area contributed by atoms with Crippen LogP contribution in [0.1, 0.15) is 0 Å². The van der Waals surface area contributed by atoms with E-state index in [1.807, 2.05) is 0 Å². The number of nitrogens with one attached hydrogen (secondary N) is 3. The van der Waals surface area contributed by atoms with E-state index in [2.05, 4.69) is 28.4 Å². The predicted molar refractivity (Wildman–Crippen MR) is 45.7 cm³/mol. The second kappa shape index (κ2) is 12.2. The molecule has 0 spiro atoms. The third-order valence-electron chi connectivity index (χ3n) is 0.938. The number of hydrazine groups is 1. The summed E-state index contributed by atoms with van der Waals surface area (Å²) in [4.78, 5) is 0. The molecule has 0 fully saturated rings. The summed E-state index contributed by atoms with van der Waals surface area (Å²) in [7, 11) is 0. The summed E-state index contributed by atoms with van der Waals surface area (Å²) in [6.07, 6.45) is 0. The van der Waals surface area contributed by atoms with Crippen LogP contribution in [0.2, 0.25) is 0 Å². The van der Waals surface area contributed by atoms with Crippen molar-refractivity contribution >= 4 is 17.4 Å². The molecule has 0 aliphatic carbocycles. The van der Waals surface area contributed by atoms with Crippen molar-refractivity contribution in [2.45, 2.75) is 0 Å². The Morgan fingerprint density at radius 3 is 2.50 bits per heavy atom. The van der Waals surface area contributed by atoms with E-state index in [9.17, 15) is 5.11 Å². The molecule has 0 unspecified atom stereocenters. The molecular weight excluding hydrogens is 203 g/mol. The van der Waals surface area contributed by atoms with E-state index in [1.54, 1.807) is 0 Å². The molecule has 0 rings (SSSR count). The fraction of sp³-hybridized carbons (Fsp3) is 0.800. The summed E-state index contributed by atoms with van der Waals surface area (Å²) in [5.41, 5.74) is 10.1. The SMILES string of the molecule is NCCNCCNNC([O-])=S.[K+]. The molecule has 5 N–H and O–H groups in total. The fourth-order valence-electron chi connectivity index (χ4n) is 0.513. The number of rotatable bonds is 6. The molecular formula is C5H13KN4OS. The van der Waals surface area contributed by atoms with E-state index in [0.29, 0.717) is 13.1 Å². The second-order valence-corrected chi connectivity index (χ2v) is 2.25. The summed E-state index contributed by atoms with van der Waals surface area (Å²) in [6.45, 7) is 2.80. The second-order valence-electron chi connectivity index (χ2n) is 1.88. The standard InChI is InChI=1S/C5H14N4OS.K/c6-1-2-7-3-4-8-9-5(10)11;/h7-8H,1-4,6H2,(H2,9,10,11);/q;+1/p-1. The van der Waals surface area contributed by atoms with Gasteiger partial charge in [-0.05, 0) is 0 Å². The molecule has 0 aromatic carbocycles. The van der Waals surface area contributed by atoms with Crippen molar-refractivity contribution in [3.63, 3.8) is 0 Å². The van der Waals surface area contributed by atoms with Gasteiger partial charge in [0.2, 0.25) is 0 Å². The molecule has 0 heterocycles. The maximum absolute atomic E-state index is 10.1. The summed E-state index contributed by atoms with van der Waals surface area (Å²) >= 11 is 4.23. The first kappa shape index (κ1) is 15.7. The van der Waals surface area contributed by atoms with Crippen LogP contribution in [0, 0.1) is 0 Å². The van der Waals surface area contributed by atoms with Crippen LogP contribution in [0.4, 0.5) is 0 Å². The van der Waals surface area contributed by atoms with Crippen molar-refractivity contribution in [2.24, 2.45) is 5.73 Å². The van der Waals surface area contributed by atoms with Crippen LogP contribution in [0.25, 0.3) is 0 Å². The van der Waals surface area contributed by atoms with Gasteiger partial charge in [0.05, 0.1) is 0 Å². The Hall–Kier alpha value is 1.21. The Balaban J connectivity index is 0. The maximum atomic E-state index is 10.1. The molecule has 7 heteroatoms. The molecule has 12 heavy (non-hydrogen) atoms. The van der Waals surface area contributed by atoms with Gasteiger partial charge < -0.3 is 21.6 Å². The third-order valence-corrected chi connectivity index (χ3v) is 1.04. The van der Waals surface area contributed by atoms with Crippen molar-refractivity contribution in [1.82, 2.24) is 16.2 Å². The smallest absolute Gasteiger partial charge is 0.851 e. The third kappa shape index (κ3) is 13.8. The first-order chi connectivity index (χ1) is 5.27. The minimum atomic E-state index is -0.496. The molecule has 5 nitrogen and oxygen atoms in total. The van der Waals surface area contributed by atoms with Gasteiger partial charge in [0.25, 0.3) is 0 Å². The molecule has 0 aliphatic rings. The van der Waals surface area contributed by atoms with Gasteiger partial charge in [-0.3, -0.25) is 0 Å². The number of nitrogens with two attached hydrogens (primary N) is 1. The zero-order valence-corrected chi connectivity index (χ0v) is 11.2. The number of hydrogen-bond donors (Lipinski definition) is 4. The average Bonchev–Trinajstić information content (AvgIpc) is 1.96. The molecule has 66 valence electrons. The Bertz CT molecular complexity index is 116. The molecule has 0 aromatic rings. The quantitative estimate of drug-likeness (QED) is 0.153. The maximum Gasteiger partial charge on any atom is 1.00 e. The summed E-state index contributed by atoms with van der Waals surface area (Å²) in [6, 6.07) is 0. The van der Waals surface area contributed by atoms with Crippen LogP contribution in [0.5, 0.6) is 0 Å². The minimum Gasteiger partial charge on any atom is -0.851 e. The number of thiocarbonyl (C=S) groups is 1. The van der Waals surface area contributed by atoms with Crippen LogP contribution in [-0.2, 0) is 0 Å². The minimum absolute atomic E-state index is 0.